The Hall–Kier alpha value is -3.11. The van der Waals surface area contributed by atoms with Gasteiger partial charge in [-0.1, -0.05) is 17.4 Å². The Labute approximate surface area is 157 Å². The molecule has 0 aliphatic heterocycles. The number of furan rings is 1. The molecule has 2 N–H and O–H groups in total. The van der Waals surface area contributed by atoms with Crippen LogP contribution in [0.15, 0.2) is 47.1 Å². The molecule has 27 heavy (non-hydrogen) atoms. The fraction of sp³-hybridized carbons (Fsp3) is 0.176. The SMILES string of the molecule is O=C(COCc1nnc(C(=O)Nc2cccc(F)c2)s1)NCc1ccco1. The van der Waals surface area contributed by atoms with E-state index in [1.165, 1.54) is 24.5 Å². The van der Waals surface area contributed by atoms with E-state index < -0.39 is 11.7 Å². The zero-order chi connectivity index (χ0) is 19.1. The zero-order valence-electron chi connectivity index (χ0n) is 14.0. The number of rotatable bonds is 8. The van der Waals surface area contributed by atoms with Crippen LogP contribution in [0.4, 0.5) is 10.1 Å². The minimum Gasteiger partial charge on any atom is -0.467 e. The van der Waals surface area contributed by atoms with Crippen LogP contribution in [0, 0.1) is 5.82 Å². The van der Waals surface area contributed by atoms with Gasteiger partial charge in [0.15, 0.2) is 0 Å². The maximum atomic E-state index is 13.1. The Morgan fingerprint density at radius 1 is 1.22 bits per heavy atom. The van der Waals surface area contributed by atoms with Crippen LogP contribution in [0.1, 0.15) is 20.6 Å². The third kappa shape index (κ3) is 5.69. The fourth-order valence-electron chi connectivity index (χ4n) is 2.04. The Morgan fingerprint density at radius 2 is 2.11 bits per heavy atom. The zero-order valence-corrected chi connectivity index (χ0v) is 14.8. The van der Waals surface area contributed by atoms with Crippen molar-refractivity contribution >= 4 is 28.8 Å². The fourth-order valence-corrected chi connectivity index (χ4v) is 2.71. The maximum absolute atomic E-state index is 13.1. The lowest BCUT2D eigenvalue weighted by Gasteiger charge is -2.03. The molecule has 10 heteroatoms. The number of aromatic nitrogens is 2. The van der Waals surface area contributed by atoms with Crippen LogP contribution >= 0.6 is 11.3 Å². The molecule has 0 aliphatic carbocycles. The summed E-state index contributed by atoms with van der Waals surface area (Å²) >= 11 is 1.03. The number of hydrogen-bond acceptors (Lipinski definition) is 7. The van der Waals surface area contributed by atoms with Crippen molar-refractivity contribution in [3.05, 3.63) is 64.3 Å². The van der Waals surface area contributed by atoms with Gasteiger partial charge in [-0.15, -0.1) is 10.2 Å². The summed E-state index contributed by atoms with van der Waals surface area (Å²) in [6, 6.07) is 9.01. The lowest BCUT2D eigenvalue weighted by molar-refractivity contribution is -0.126. The van der Waals surface area contributed by atoms with E-state index in [4.69, 9.17) is 9.15 Å². The number of ether oxygens (including phenoxy) is 1. The topological polar surface area (TPSA) is 106 Å². The van der Waals surface area contributed by atoms with Crippen LogP contribution in [0.3, 0.4) is 0 Å². The third-order valence-electron chi connectivity index (χ3n) is 3.24. The monoisotopic (exact) mass is 390 g/mol. The minimum atomic E-state index is -0.499. The summed E-state index contributed by atoms with van der Waals surface area (Å²) in [4.78, 5) is 23.7. The lowest BCUT2D eigenvalue weighted by Crippen LogP contribution is -2.26. The molecule has 2 aromatic heterocycles. The molecule has 3 aromatic rings. The highest BCUT2D eigenvalue weighted by Crippen LogP contribution is 2.15. The van der Waals surface area contributed by atoms with Crippen molar-refractivity contribution in [1.29, 1.82) is 0 Å². The molecule has 2 amide bonds. The summed E-state index contributed by atoms with van der Waals surface area (Å²) in [6.45, 7) is 0.155. The number of nitrogens with one attached hydrogen (secondary N) is 2. The summed E-state index contributed by atoms with van der Waals surface area (Å²) < 4.78 is 23.5. The van der Waals surface area contributed by atoms with Gasteiger partial charge in [0.2, 0.25) is 10.9 Å². The van der Waals surface area contributed by atoms with Gasteiger partial charge in [-0.25, -0.2) is 4.39 Å². The molecule has 8 nitrogen and oxygen atoms in total. The number of anilines is 1. The van der Waals surface area contributed by atoms with Crippen LogP contribution < -0.4 is 10.6 Å². The first-order chi connectivity index (χ1) is 13.1. The molecule has 140 valence electrons. The average Bonchev–Trinajstić information content (AvgIpc) is 3.32. The first-order valence-electron chi connectivity index (χ1n) is 7.86. The number of benzene rings is 1. The van der Waals surface area contributed by atoms with Crippen molar-refractivity contribution in [2.24, 2.45) is 0 Å². The first kappa shape index (κ1) is 18.7. The van der Waals surface area contributed by atoms with Crippen LogP contribution in [-0.4, -0.2) is 28.6 Å². The third-order valence-corrected chi connectivity index (χ3v) is 4.14. The highest BCUT2D eigenvalue weighted by Gasteiger charge is 2.14. The molecule has 0 spiro atoms. The Morgan fingerprint density at radius 3 is 2.89 bits per heavy atom. The molecule has 0 radical (unpaired) electrons. The second-order valence-electron chi connectivity index (χ2n) is 5.31. The molecule has 0 atom stereocenters. The van der Waals surface area contributed by atoms with Gasteiger partial charge in [-0.3, -0.25) is 9.59 Å². The van der Waals surface area contributed by atoms with E-state index in [1.54, 1.807) is 18.2 Å². The van der Waals surface area contributed by atoms with Crippen molar-refractivity contribution in [2.75, 3.05) is 11.9 Å². The smallest absolute Gasteiger partial charge is 0.286 e. The number of nitrogens with zero attached hydrogens (tertiary/aromatic N) is 2. The van der Waals surface area contributed by atoms with E-state index in [-0.39, 0.29) is 30.7 Å². The van der Waals surface area contributed by atoms with E-state index in [0.717, 1.165) is 11.3 Å². The van der Waals surface area contributed by atoms with Crippen LogP contribution in [0.2, 0.25) is 0 Å². The number of carbonyl (C=O) groups is 2. The van der Waals surface area contributed by atoms with Gasteiger partial charge in [-0.2, -0.15) is 0 Å². The molecule has 3 rings (SSSR count). The van der Waals surface area contributed by atoms with Crippen molar-refractivity contribution in [2.45, 2.75) is 13.2 Å². The minimum absolute atomic E-state index is 0.0408. The number of halogens is 1. The second kappa shape index (κ2) is 9.01. The van der Waals surface area contributed by atoms with Gasteiger partial charge >= 0.3 is 0 Å². The van der Waals surface area contributed by atoms with E-state index in [9.17, 15) is 14.0 Å². The molecular formula is C17H15FN4O4S. The van der Waals surface area contributed by atoms with Gasteiger partial charge < -0.3 is 19.8 Å². The predicted octanol–water partition coefficient (Wildman–Crippen LogP) is 2.36. The molecule has 2 heterocycles. The van der Waals surface area contributed by atoms with E-state index in [0.29, 0.717) is 16.5 Å². The van der Waals surface area contributed by atoms with Gasteiger partial charge in [0, 0.05) is 5.69 Å². The summed E-state index contributed by atoms with van der Waals surface area (Å²) in [5, 5.41) is 13.3. The number of amides is 2. The molecule has 0 saturated carbocycles. The van der Waals surface area contributed by atoms with E-state index >= 15 is 0 Å². The van der Waals surface area contributed by atoms with E-state index in [2.05, 4.69) is 20.8 Å². The normalized spacial score (nSPS) is 10.6. The highest BCUT2D eigenvalue weighted by molar-refractivity contribution is 7.13. The largest absolute Gasteiger partial charge is 0.467 e. The standard InChI is InChI=1S/C17H15FN4O4S/c18-11-3-1-4-12(7-11)20-16(24)17-22-21-15(27-17)10-25-9-14(23)19-8-13-5-2-6-26-13/h1-7H,8-10H2,(H,19,23)(H,20,24). The molecule has 0 fully saturated rings. The quantitative estimate of drug-likeness (QED) is 0.612. The van der Waals surface area contributed by atoms with Gasteiger partial charge in [0.05, 0.1) is 12.8 Å². The van der Waals surface area contributed by atoms with Crippen LogP contribution in [0.25, 0.3) is 0 Å². The van der Waals surface area contributed by atoms with Gasteiger partial charge in [-0.05, 0) is 30.3 Å². The number of carbonyl (C=O) groups excluding carboxylic acids is 2. The maximum Gasteiger partial charge on any atom is 0.286 e. The Kier molecular flexibility index (Phi) is 6.23. The van der Waals surface area contributed by atoms with Crippen LogP contribution in [-0.2, 0) is 22.7 Å². The van der Waals surface area contributed by atoms with Crippen molar-refractivity contribution in [3.63, 3.8) is 0 Å². The van der Waals surface area contributed by atoms with E-state index in [1.807, 2.05) is 0 Å². The van der Waals surface area contributed by atoms with Crippen molar-refractivity contribution in [1.82, 2.24) is 15.5 Å². The summed E-state index contributed by atoms with van der Waals surface area (Å²) in [5.41, 5.74) is 0.321. The number of hydrogen-bond donors (Lipinski definition) is 2. The predicted molar refractivity (Wildman–Crippen MR) is 94.5 cm³/mol. The molecule has 0 bridgehead atoms. The van der Waals surface area contributed by atoms with Crippen molar-refractivity contribution in [3.8, 4) is 0 Å². The average molecular weight is 390 g/mol. The molecular weight excluding hydrogens is 375 g/mol. The van der Waals surface area contributed by atoms with Crippen LogP contribution in [0.5, 0.6) is 0 Å². The molecule has 0 unspecified atom stereocenters. The summed E-state index contributed by atoms with van der Waals surface area (Å²) in [7, 11) is 0. The van der Waals surface area contributed by atoms with Gasteiger partial charge in [0.25, 0.3) is 5.91 Å². The highest BCUT2D eigenvalue weighted by atomic mass is 32.1. The Bertz CT molecular complexity index is 913. The van der Waals surface area contributed by atoms with Crippen molar-refractivity contribution < 1.29 is 23.1 Å². The van der Waals surface area contributed by atoms with Gasteiger partial charge in [0.1, 0.15) is 29.8 Å². The molecule has 0 aliphatic rings. The summed E-state index contributed by atoms with van der Waals surface area (Å²) in [6.07, 6.45) is 1.52. The second-order valence-corrected chi connectivity index (χ2v) is 6.38. The Balaban J connectivity index is 1.42. The first-order valence-corrected chi connectivity index (χ1v) is 8.68. The molecule has 0 saturated heterocycles. The lowest BCUT2D eigenvalue weighted by atomic mass is 10.3. The summed E-state index contributed by atoms with van der Waals surface area (Å²) in [5.74, 6) is -0.619. The molecule has 1 aromatic carbocycles.